The van der Waals surface area contributed by atoms with Crippen molar-refractivity contribution >= 4 is 33.8 Å². The highest BCUT2D eigenvalue weighted by molar-refractivity contribution is 7.17. The van der Waals surface area contributed by atoms with Crippen LogP contribution in [0, 0.1) is 0 Å². The highest BCUT2D eigenvalue weighted by atomic mass is 35.5. The van der Waals surface area contributed by atoms with Gasteiger partial charge in [-0.2, -0.15) is 0 Å². The standard InChI is InChI=1S/C20H15NO2S.ClH/c1-22-15-5-2-6-16(10-15)23-17-7-8-18-19(13-24-20(18)11-17)14-4-3-9-21-12-14;/h2-13H,1H3;1H. The first-order valence-corrected chi connectivity index (χ1v) is 8.45. The molecule has 0 aliphatic carbocycles. The van der Waals surface area contributed by atoms with E-state index in [1.807, 2.05) is 42.6 Å². The van der Waals surface area contributed by atoms with Crippen LogP contribution in [-0.4, -0.2) is 12.1 Å². The van der Waals surface area contributed by atoms with Crippen LogP contribution < -0.4 is 9.47 Å². The van der Waals surface area contributed by atoms with Gasteiger partial charge in [0, 0.05) is 39.7 Å². The molecule has 4 aromatic rings. The minimum Gasteiger partial charge on any atom is -0.497 e. The van der Waals surface area contributed by atoms with Crippen molar-refractivity contribution in [2.75, 3.05) is 7.11 Å². The minimum absolute atomic E-state index is 0. The van der Waals surface area contributed by atoms with Gasteiger partial charge in [-0.05, 0) is 41.8 Å². The predicted molar refractivity (Wildman–Crippen MR) is 105 cm³/mol. The maximum atomic E-state index is 5.96. The highest BCUT2D eigenvalue weighted by Crippen LogP contribution is 2.36. The van der Waals surface area contributed by atoms with Crippen LogP contribution in [0.2, 0.25) is 0 Å². The summed E-state index contributed by atoms with van der Waals surface area (Å²) in [7, 11) is 1.65. The Morgan fingerprint density at radius 3 is 2.56 bits per heavy atom. The molecule has 4 rings (SSSR count). The van der Waals surface area contributed by atoms with Gasteiger partial charge in [0.1, 0.15) is 17.2 Å². The molecule has 0 spiro atoms. The van der Waals surface area contributed by atoms with Gasteiger partial charge >= 0.3 is 0 Å². The van der Waals surface area contributed by atoms with Crippen molar-refractivity contribution < 1.29 is 9.47 Å². The number of hydrogen-bond donors (Lipinski definition) is 0. The fourth-order valence-electron chi connectivity index (χ4n) is 2.62. The van der Waals surface area contributed by atoms with Crippen molar-refractivity contribution in [2.24, 2.45) is 0 Å². The number of aromatic nitrogens is 1. The number of rotatable bonds is 4. The zero-order valence-corrected chi connectivity index (χ0v) is 15.1. The molecule has 0 fully saturated rings. The molecule has 0 radical (unpaired) electrons. The number of pyridine rings is 1. The monoisotopic (exact) mass is 369 g/mol. The molecule has 3 nitrogen and oxygen atoms in total. The molecule has 0 saturated carbocycles. The van der Waals surface area contributed by atoms with Gasteiger partial charge in [0.2, 0.25) is 0 Å². The van der Waals surface area contributed by atoms with Crippen LogP contribution in [0.3, 0.4) is 0 Å². The number of hydrogen-bond acceptors (Lipinski definition) is 4. The van der Waals surface area contributed by atoms with E-state index in [0.29, 0.717) is 0 Å². The van der Waals surface area contributed by atoms with E-state index in [1.54, 1.807) is 24.6 Å². The normalized spacial score (nSPS) is 10.3. The maximum absolute atomic E-state index is 5.96. The summed E-state index contributed by atoms with van der Waals surface area (Å²) >= 11 is 1.71. The molecule has 2 aromatic carbocycles. The Morgan fingerprint density at radius 2 is 1.76 bits per heavy atom. The van der Waals surface area contributed by atoms with Crippen molar-refractivity contribution in [2.45, 2.75) is 0 Å². The Bertz CT molecular complexity index is 985. The molecule has 0 bridgehead atoms. The van der Waals surface area contributed by atoms with E-state index in [9.17, 15) is 0 Å². The molecule has 0 amide bonds. The van der Waals surface area contributed by atoms with Crippen LogP contribution in [0.5, 0.6) is 17.2 Å². The number of ether oxygens (including phenoxy) is 2. The Balaban J connectivity index is 0.00000182. The minimum atomic E-state index is 0. The van der Waals surface area contributed by atoms with Gasteiger partial charge in [-0.1, -0.05) is 12.1 Å². The Kier molecular flexibility index (Phi) is 5.22. The fraction of sp³-hybridized carbons (Fsp3) is 0.0500. The van der Waals surface area contributed by atoms with Crippen molar-refractivity contribution in [1.29, 1.82) is 0 Å². The lowest BCUT2D eigenvalue weighted by Crippen LogP contribution is -1.86. The summed E-state index contributed by atoms with van der Waals surface area (Å²) in [6.45, 7) is 0. The van der Waals surface area contributed by atoms with Gasteiger partial charge in [-0.3, -0.25) is 4.98 Å². The molecule has 0 saturated heterocycles. The second-order valence-corrected chi connectivity index (χ2v) is 6.24. The van der Waals surface area contributed by atoms with E-state index in [1.165, 1.54) is 15.6 Å². The third-order valence-corrected chi connectivity index (χ3v) is 4.74. The number of methoxy groups -OCH3 is 1. The summed E-state index contributed by atoms with van der Waals surface area (Å²) < 4.78 is 12.4. The molecule has 0 aliphatic rings. The number of halogens is 1. The van der Waals surface area contributed by atoms with Crippen molar-refractivity contribution in [1.82, 2.24) is 4.98 Å². The molecular weight excluding hydrogens is 354 g/mol. The summed E-state index contributed by atoms with van der Waals surface area (Å²) in [5.41, 5.74) is 2.33. The Hall–Kier alpha value is -2.56. The average molecular weight is 370 g/mol. The molecule has 0 unspecified atom stereocenters. The first-order valence-electron chi connectivity index (χ1n) is 7.57. The van der Waals surface area contributed by atoms with E-state index >= 15 is 0 Å². The number of thiophene rings is 1. The fourth-order valence-corrected chi connectivity index (χ4v) is 3.62. The molecular formula is C20H16ClNO2S. The first kappa shape index (κ1) is 17.3. The van der Waals surface area contributed by atoms with Gasteiger partial charge in [0.05, 0.1) is 7.11 Å². The quantitative estimate of drug-likeness (QED) is 0.430. The van der Waals surface area contributed by atoms with Crippen LogP contribution in [0.15, 0.2) is 72.4 Å². The maximum Gasteiger partial charge on any atom is 0.131 e. The zero-order valence-electron chi connectivity index (χ0n) is 13.5. The average Bonchev–Trinajstić information content (AvgIpc) is 3.06. The van der Waals surface area contributed by atoms with Gasteiger partial charge in [-0.25, -0.2) is 0 Å². The Labute approximate surface area is 156 Å². The van der Waals surface area contributed by atoms with Crippen molar-refractivity contribution in [3.63, 3.8) is 0 Å². The van der Waals surface area contributed by atoms with Crippen LogP contribution >= 0.6 is 23.7 Å². The molecule has 2 aromatic heterocycles. The molecule has 0 N–H and O–H groups in total. The SMILES string of the molecule is COc1cccc(Oc2ccc3c(-c4cccnc4)csc3c2)c1.Cl. The molecule has 25 heavy (non-hydrogen) atoms. The van der Waals surface area contributed by atoms with Crippen molar-refractivity contribution in [3.8, 4) is 28.4 Å². The molecule has 0 aliphatic heterocycles. The topological polar surface area (TPSA) is 31.4 Å². The van der Waals surface area contributed by atoms with Crippen LogP contribution in [0.1, 0.15) is 0 Å². The van der Waals surface area contributed by atoms with E-state index < -0.39 is 0 Å². The molecule has 126 valence electrons. The van der Waals surface area contributed by atoms with Gasteiger partial charge < -0.3 is 9.47 Å². The van der Waals surface area contributed by atoms with Crippen molar-refractivity contribution in [3.05, 3.63) is 72.4 Å². The number of fused-ring (bicyclic) bond motifs is 1. The smallest absolute Gasteiger partial charge is 0.131 e. The van der Waals surface area contributed by atoms with Gasteiger partial charge in [-0.15, -0.1) is 23.7 Å². The van der Waals surface area contributed by atoms with E-state index in [2.05, 4.69) is 28.6 Å². The molecule has 2 heterocycles. The Morgan fingerprint density at radius 1 is 0.920 bits per heavy atom. The second kappa shape index (κ2) is 7.55. The lowest BCUT2D eigenvalue weighted by Gasteiger charge is -2.07. The summed E-state index contributed by atoms with van der Waals surface area (Å²) in [4.78, 5) is 4.21. The lowest BCUT2D eigenvalue weighted by molar-refractivity contribution is 0.409. The van der Waals surface area contributed by atoms with Crippen LogP contribution in [-0.2, 0) is 0 Å². The van der Waals surface area contributed by atoms with Crippen LogP contribution in [0.25, 0.3) is 21.2 Å². The van der Waals surface area contributed by atoms with E-state index in [4.69, 9.17) is 9.47 Å². The molecule has 0 atom stereocenters. The largest absolute Gasteiger partial charge is 0.497 e. The number of nitrogens with zero attached hydrogens (tertiary/aromatic N) is 1. The van der Waals surface area contributed by atoms with E-state index in [0.717, 1.165) is 22.8 Å². The van der Waals surface area contributed by atoms with E-state index in [-0.39, 0.29) is 12.4 Å². The third kappa shape index (κ3) is 3.60. The summed E-state index contributed by atoms with van der Waals surface area (Å²) in [6.07, 6.45) is 3.68. The molecule has 5 heteroatoms. The number of benzene rings is 2. The van der Waals surface area contributed by atoms with Gasteiger partial charge in [0.25, 0.3) is 0 Å². The lowest BCUT2D eigenvalue weighted by atomic mass is 10.1. The summed E-state index contributed by atoms with van der Waals surface area (Å²) in [5, 5.41) is 3.38. The third-order valence-electron chi connectivity index (χ3n) is 3.80. The predicted octanol–water partition coefficient (Wildman–Crippen LogP) is 6.19. The van der Waals surface area contributed by atoms with Crippen LogP contribution in [0.4, 0.5) is 0 Å². The highest BCUT2D eigenvalue weighted by Gasteiger charge is 2.08. The second-order valence-electron chi connectivity index (χ2n) is 5.33. The summed E-state index contributed by atoms with van der Waals surface area (Å²) in [5.74, 6) is 2.36. The van der Waals surface area contributed by atoms with Gasteiger partial charge in [0.15, 0.2) is 0 Å². The zero-order chi connectivity index (χ0) is 16.4. The summed E-state index contributed by atoms with van der Waals surface area (Å²) in [6, 6.07) is 17.8. The first-order chi connectivity index (χ1) is 11.8.